The minimum atomic E-state index is 1.12. The fourth-order valence-electron chi connectivity index (χ4n) is 3.00. The predicted octanol–water partition coefficient (Wildman–Crippen LogP) is 4.16. The molecular weight excluding hydrogens is 276 g/mol. The van der Waals surface area contributed by atoms with Crippen LogP contribution < -0.4 is 0 Å². The summed E-state index contributed by atoms with van der Waals surface area (Å²) < 4.78 is 0. The molecule has 0 bridgehead atoms. The molecule has 1 aliphatic carbocycles. The summed E-state index contributed by atoms with van der Waals surface area (Å²) in [7, 11) is 4.29. The number of nitrogens with zero attached hydrogens (tertiary/aromatic N) is 2. The average molecular weight is 300 g/mol. The van der Waals surface area contributed by atoms with E-state index in [1.54, 1.807) is 0 Å². The van der Waals surface area contributed by atoms with Gasteiger partial charge in [-0.3, -0.25) is 4.98 Å². The summed E-state index contributed by atoms with van der Waals surface area (Å²) in [5.41, 5.74) is 4.07. The first kappa shape index (κ1) is 14.9. The Bertz CT molecular complexity index is 622. The largest absolute Gasteiger partial charge is 0.309 e. The SMILES string of the molecule is CN(C)CCSc1c2c(nc3ccccc13)CCCCC2. The number of hydrogen-bond donors (Lipinski definition) is 0. The summed E-state index contributed by atoms with van der Waals surface area (Å²) in [5, 5.41) is 1.35. The highest BCUT2D eigenvalue weighted by Crippen LogP contribution is 2.35. The number of fused-ring (bicyclic) bond motifs is 2. The van der Waals surface area contributed by atoms with Crippen molar-refractivity contribution in [1.29, 1.82) is 0 Å². The van der Waals surface area contributed by atoms with Crippen LogP contribution in [0.2, 0.25) is 0 Å². The van der Waals surface area contributed by atoms with Crippen LogP contribution in [0.4, 0.5) is 0 Å². The number of hydrogen-bond acceptors (Lipinski definition) is 3. The molecule has 3 rings (SSSR count). The molecule has 0 atom stereocenters. The zero-order valence-corrected chi connectivity index (χ0v) is 13.9. The monoisotopic (exact) mass is 300 g/mol. The third kappa shape index (κ3) is 3.41. The average Bonchev–Trinajstić information content (AvgIpc) is 2.71. The molecule has 0 saturated carbocycles. The van der Waals surface area contributed by atoms with Gasteiger partial charge in [-0.2, -0.15) is 0 Å². The van der Waals surface area contributed by atoms with Gasteiger partial charge in [0.05, 0.1) is 5.52 Å². The molecule has 3 heteroatoms. The van der Waals surface area contributed by atoms with Gasteiger partial charge in [0.15, 0.2) is 0 Å². The van der Waals surface area contributed by atoms with E-state index in [0.717, 1.165) is 18.7 Å². The lowest BCUT2D eigenvalue weighted by Crippen LogP contribution is -2.15. The third-order valence-corrected chi connectivity index (χ3v) is 5.29. The van der Waals surface area contributed by atoms with E-state index in [9.17, 15) is 0 Å². The quantitative estimate of drug-likeness (QED) is 0.623. The number of para-hydroxylation sites is 1. The highest BCUT2D eigenvalue weighted by atomic mass is 32.2. The van der Waals surface area contributed by atoms with E-state index in [1.807, 2.05) is 11.8 Å². The van der Waals surface area contributed by atoms with Crippen molar-refractivity contribution in [2.75, 3.05) is 26.4 Å². The molecule has 0 amide bonds. The molecule has 0 unspecified atom stereocenters. The Balaban J connectivity index is 2.02. The number of pyridine rings is 1. The zero-order valence-electron chi connectivity index (χ0n) is 13.1. The Morgan fingerprint density at radius 1 is 1.10 bits per heavy atom. The van der Waals surface area contributed by atoms with Crippen molar-refractivity contribution in [2.45, 2.75) is 37.0 Å². The first-order valence-electron chi connectivity index (χ1n) is 7.94. The van der Waals surface area contributed by atoms with Gasteiger partial charge in [-0.1, -0.05) is 24.6 Å². The van der Waals surface area contributed by atoms with E-state index in [4.69, 9.17) is 4.98 Å². The lowest BCUT2D eigenvalue weighted by molar-refractivity contribution is 0.437. The molecule has 1 aromatic heterocycles. The van der Waals surface area contributed by atoms with Crippen molar-refractivity contribution < 1.29 is 0 Å². The van der Waals surface area contributed by atoms with Crippen molar-refractivity contribution in [1.82, 2.24) is 9.88 Å². The van der Waals surface area contributed by atoms with Crippen LogP contribution >= 0.6 is 11.8 Å². The van der Waals surface area contributed by atoms with Gasteiger partial charge in [-0.15, -0.1) is 11.8 Å². The van der Waals surface area contributed by atoms with Crippen LogP contribution in [0.15, 0.2) is 29.2 Å². The summed E-state index contributed by atoms with van der Waals surface area (Å²) in [5.74, 6) is 1.15. The Labute approximate surface area is 131 Å². The van der Waals surface area contributed by atoms with Gasteiger partial charge in [0, 0.05) is 28.3 Å². The minimum Gasteiger partial charge on any atom is -0.309 e. The first-order valence-corrected chi connectivity index (χ1v) is 8.92. The summed E-state index contributed by atoms with van der Waals surface area (Å²) in [6.45, 7) is 1.12. The molecule has 1 aromatic carbocycles. The van der Waals surface area contributed by atoms with Crippen molar-refractivity contribution in [2.24, 2.45) is 0 Å². The van der Waals surface area contributed by atoms with Gasteiger partial charge in [0.1, 0.15) is 0 Å². The van der Waals surface area contributed by atoms with Crippen LogP contribution in [0.5, 0.6) is 0 Å². The molecule has 0 fully saturated rings. The summed E-state index contributed by atoms with van der Waals surface area (Å²) in [6, 6.07) is 8.65. The highest BCUT2D eigenvalue weighted by Gasteiger charge is 2.17. The standard InChI is InChI=1S/C18H24N2S/c1-20(2)12-13-21-18-14-8-4-3-5-10-16(14)19-17-11-7-6-9-15(17)18/h6-7,9,11H,3-5,8,10,12-13H2,1-2H3. The fourth-order valence-corrected chi connectivity index (χ4v) is 4.38. The van der Waals surface area contributed by atoms with Gasteiger partial charge in [0.25, 0.3) is 0 Å². The van der Waals surface area contributed by atoms with Crippen LogP contribution in [0, 0.1) is 0 Å². The number of rotatable bonds is 4. The van der Waals surface area contributed by atoms with Crippen LogP contribution in [0.1, 0.15) is 30.5 Å². The number of benzene rings is 1. The first-order chi connectivity index (χ1) is 10.3. The van der Waals surface area contributed by atoms with E-state index >= 15 is 0 Å². The van der Waals surface area contributed by atoms with E-state index < -0.39 is 0 Å². The van der Waals surface area contributed by atoms with E-state index in [1.165, 1.54) is 52.7 Å². The van der Waals surface area contributed by atoms with Gasteiger partial charge in [-0.05, 0) is 51.4 Å². The maximum absolute atomic E-state index is 4.96. The Morgan fingerprint density at radius 3 is 2.76 bits per heavy atom. The van der Waals surface area contributed by atoms with Gasteiger partial charge >= 0.3 is 0 Å². The fraction of sp³-hybridized carbons (Fsp3) is 0.500. The van der Waals surface area contributed by atoms with Gasteiger partial charge in [0.2, 0.25) is 0 Å². The molecular formula is C18H24N2S. The maximum Gasteiger partial charge on any atom is 0.0716 e. The van der Waals surface area contributed by atoms with Crippen molar-refractivity contribution in [3.8, 4) is 0 Å². The summed E-state index contributed by atoms with van der Waals surface area (Å²) >= 11 is 2.02. The minimum absolute atomic E-state index is 1.12. The second-order valence-electron chi connectivity index (χ2n) is 6.10. The van der Waals surface area contributed by atoms with Gasteiger partial charge < -0.3 is 4.90 Å². The number of aromatic nitrogens is 1. The molecule has 0 N–H and O–H groups in total. The molecule has 0 aliphatic heterocycles. The smallest absolute Gasteiger partial charge is 0.0716 e. The third-order valence-electron chi connectivity index (χ3n) is 4.15. The Morgan fingerprint density at radius 2 is 1.90 bits per heavy atom. The van der Waals surface area contributed by atoms with Crippen LogP contribution in [-0.2, 0) is 12.8 Å². The highest BCUT2D eigenvalue weighted by molar-refractivity contribution is 7.99. The number of aryl methyl sites for hydroxylation is 1. The summed E-state index contributed by atoms with van der Waals surface area (Å²) in [6.07, 6.45) is 6.31. The van der Waals surface area contributed by atoms with Crippen LogP contribution in [0.25, 0.3) is 10.9 Å². The lowest BCUT2D eigenvalue weighted by Gasteiger charge is -2.16. The number of thioether (sulfide) groups is 1. The molecule has 2 nitrogen and oxygen atoms in total. The van der Waals surface area contributed by atoms with E-state index in [2.05, 4.69) is 43.3 Å². The normalized spacial score (nSPS) is 15.2. The maximum atomic E-state index is 4.96. The zero-order chi connectivity index (χ0) is 14.7. The molecule has 21 heavy (non-hydrogen) atoms. The second kappa shape index (κ2) is 6.80. The summed E-state index contributed by atoms with van der Waals surface area (Å²) in [4.78, 5) is 8.71. The molecule has 0 spiro atoms. The van der Waals surface area contributed by atoms with Gasteiger partial charge in [-0.25, -0.2) is 0 Å². The topological polar surface area (TPSA) is 16.1 Å². The van der Waals surface area contributed by atoms with Crippen molar-refractivity contribution in [3.05, 3.63) is 35.5 Å². The Hall–Kier alpha value is -1.06. The molecule has 112 valence electrons. The van der Waals surface area contributed by atoms with Crippen LogP contribution in [-0.4, -0.2) is 36.3 Å². The Kier molecular flexibility index (Phi) is 4.81. The van der Waals surface area contributed by atoms with E-state index in [-0.39, 0.29) is 0 Å². The predicted molar refractivity (Wildman–Crippen MR) is 92.3 cm³/mol. The molecule has 1 aliphatic rings. The molecule has 2 aromatic rings. The second-order valence-corrected chi connectivity index (χ2v) is 7.20. The molecule has 0 saturated heterocycles. The van der Waals surface area contributed by atoms with Crippen molar-refractivity contribution in [3.63, 3.8) is 0 Å². The van der Waals surface area contributed by atoms with Crippen LogP contribution in [0.3, 0.4) is 0 Å². The molecule has 1 heterocycles. The van der Waals surface area contributed by atoms with Crippen molar-refractivity contribution >= 4 is 22.7 Å². The lowest BCUT2D eigenvalue weighted by atomic mass is 10.1. The van der Waals surface area contributed by atoms with E-state index in [0.29, 0.717) is 0 Å². The molecule has 0 radical (unpaired) electrons.